The lowest BCUT2D eigenvalue weighted by atomic mass is 10.1. The van der Waals surface area contributed by atoms with Crippen LogP contribution in [0.2, 0.25) is 0 Å². The van der Waals surface area contributed by atoms with E-state index in [0.29, 0.717) is 5.82 Å². The molecule has 0 aromatic carbocycles. The molecule has 1 amide bonds. The van der Waals surface area contributed by atoms with Crippen LogP contribution in [0.3, 0.4) is 0 Å². The van der Waals surface area contributed by atoms with E-state index in [1.54, 1.807) is 18.5 Å². The SMILES string of the molecule is O=C(N[C@@H]1CCCN(c2ncccn2)C1)c1nnc2n1CCCC2. The molecule has 0 spiro atoms. The second-order valence-corrected chi connectivity index (χ2v) is 6.36. The lowest BCUT2D eigenvalue weighted by molar-refractivity contribution is 0.0916. The summed E-state index contributed by atoms with van der Waals surface area (Å²) in [6.07, 6.45) is 8.54. The van der Waals surface area contributed by atoms with Crippen LogP contribution in [0.15, 0.2) is 18.5 Å². The Morgan fingerprint density at radius 3 is 2.88 bits per heavy atom. The maximum Gasteiger partial charge on any atom is 0.289 e. The van der Waals surface area contributed by atoms with Crippen molar-refractivity contribution in [3.8, 4) is 0 Å². The first-order chi connectivity index (χ1) is 11.8. The summed E-state index contributed by atoms with van der Waals surface area (Å²) in [7, 11) is 0. The van der Waals surface area contributed by atoms with Crippen molar-refractivity contribution in [2.24, 2.45) is 0 Å². The Hall–Kier alpha value is -2.51. The van der Waals surface area contributed by atoms with Gasteiger partial charge in [0, 0.05) is 44.5 Å². The van der Waals surface area contributed by atoms with Gasteiger partial charge in [0.05, 0.1) is 0 Å². The number of nitrogens with zero attached hydrogens (tertiary/aromatic N) is 6. The zero-order valence-electron chi connectivity index (χ0n) is 13.6. The Labute approximate surface area is 140 Å². The standard InChI is InChI=1S/C16H21N7O/c24-15(14-21-20-13-6-1-2-10-23(13)14)19-12-5-3-9-22(11-12)16-17-7-4-8-18-16/h4,7-8,12H,1-3,5-6,9-11H2,(H,19,24)/t12-/m1/s1. The topological polar surface area (TPSA) is 88.8 Å². The summed E-state index contributed by atoms with van der Waals surface area (Å²) in [4.78, 5) is 23.3. The van der Waals surface area contributed by atoms with E-state index in [2.05, 4.69) is 30.4 Å². The first-order valence-corrected chi connectivity index (χ1v) is 8.56. The zero-order chi connectivity index (χ0) is 16.4. The number of hydrogen-bond donors (Lipinski definition) is 1. The Morgan fingerprint density at radius 1 is 1.12 bits per heavy atom. The molecule has 8 heteroatoms. The van der Waals surface area contributed by atoms with Crippen LogP contribution in [-0.4, -0.2) is 49.8 Å². The predicted molar refractivity (Wildman–Crippen MR) is 87.7 cm³/mol. The molecular weight excluding hydrogens is 306 g/mol. The first kappa shape index (κ1) is 15.0. The fraction of sp³-hybridized carbons (Fsp3) is 0.562. The largest absolute Gasteiger partial charge is 0.345 e. The van der Waals surface area contributed by atoms with E-state index in [-0.39, 0.29) is 11.9 Å². The van der Waals surface area contributed by atoms with Crippen LogP contribution >= 0.6 is 0 Å². The van der Waals surface area contributed by atoms with Crippen LogP contribution in [0.4, 0.5) is 5.95 Å². The van der Waals surface area contributed by atoms with E-state index in [1.165, 1.54) is 0 Å². The minimum absolute atomic E-state index is 0.0756. The van der Waals surface area contributed by atoms with Crippen LogP contribution in [0.5, 0.6) is 0 Å². The van der Waals surface area contributed by atoms with Gasteiger partial charge in [-0.25, -0.2) is 9.97 Å². The van der Waals surface area contributed by atoms with E-state index in [1.807, 2.05) is 4.57 Å². The van der Waals surface area contributed by atoms with Gasteiger partial charge in [0.1, 0.15) is 5.82 Å². The number of hydrogen-bond acceptors (Lipinski definition) is 6. The highest BCUT2D eigenvalue weighted by molar-refractivity contribution is 5.91. The number of aromatic nitrogens is 5. The van der Waals surface area contributed by atoms with Crippen molar-refractivity contribution < 1.29 is 4.79 Å². The quantitative estimate of drug-likeness (QED) is 0.897. The molecule has 2 aromatic rings. The summed E-state index contributed by atoms with van der Waals surface area (Å²) in [5.74, 6) is 1.96. The molecule has 2 aromatic heterocycles. The van der Waals surface area contributed by atoms with Gasteiger partial charge >= 0.3 is 0 Å². The maximum atomic E-state index is 12.6. The number of fused-ring (bicyclic) bond motifs is 1. The van der Waals surface area contributed by atoms with E-state index < -0.39 is 0 Å². The van der Waals surface area contributed by atoms with E-state index in [0.717, 1.165) is 63.5 Å². The molecule has 0 unspecified atom stereocenters. The van der Waals surface area contributed by atoms with Gasteiger partial charge in [-0.1, -0.05) is 0 Å². The number of carbonyl (C=O) groups is 1. The van der Waals surface area contributed by atoms with Crippen molar-refractivity contribution >= 4 is 11.9 Å². The van der Waals surface area contributed by atoms with Gasteiger partial charge in [-0.3, -0.25) is 4.79 Å². The number of anilines is 1. The van der Waals surface area contributed by atoms with Crippen molar-refractivity contribution in [2.75, 3.05) is 18.0 Å². The lowest BCUT2D eigenvalue weighted by Crippen LogP contribution is -2.48. The maximum absolute atomic E-state index is 12.6. The third kappa shape index (κ3) is 2.95. The normalized spacial score (nSPS) is 20.5. The molecule has 126 valence electrons. The summed E-state index contributed by atoms with van der Waals surface area (Å²) in [6, 6.07) is 1.88. The second-order valence-electron chi connectivity index (χ2n) is 6.36. The third-order valence-electron chi connectivity index (χ3n) is 4.65. The lowest BCUT2D eigenvalue weighted by Gasteiger charge is -2.33. The predicted octanol–water partition coefficient (Wildman–Crippen LogP) is 0.803. The Bertz CT molecular complexity index is 714. The average molecular weight is 327 g/mol. The Balaban J connectivity index is 1.43. The Morgan fingerprint density at radius 2 is 2.00 bits per heavy atom. The molecule has 1 fully saturated rings. The minimum atomic E-state index is -0.128. The summed E-state index contributed by atoms with van der Waals surface area (Å²) in [6.45, 7) is 2.47. The van der Waals surface area contributed by atoms with Gasteiger partial charge in [-0.15, -0.1) is 10.2 Å². The fourth-order valence-electron chi connectivity index (χ4n) is 3.46. The molecule has 1 saturated heterocycles. The monoisotopic (exact) mass is 327 g/mol. The first-order valence-electron chi connectivity index (χ1n) is 8.56. The second kappa shape index (κ2) is 6.54. The van der Waals surface area contributed by atoms with E-state index in [4.69, 9.17) is 0 Å². The number of rotatable bonds is 3. The highest BCUT2D eigenvalue weighted by atomic mass is 16.2. The molecule has 2 aliphatic rings. The number of nitrogens with one attached hydrogen (secondary N) is 1. The number of piperidine rings is 1. The van der Waals surface area contributed by atoms with Gasteiger partial charge in [0.2, 0.25) is 11.8 Å². The van der Waals surface area contributed by atoms with Crippen LogP contribution in [0.1, 0.15) is 42.1 Å². The van der Waals surface area contributed by atoms with E-state index in [9.17, 15) is 4.79 Å². The molecule has 2 aliphatic heterocycles. The van der Waals surface area contributed by atoms with Crippen molar-refractivity contribution in [1.29, 1.82) is 0 Å². The summed E-state index contributed by atoms with van der Waals surface area (Å²) in [5, 5.41) is 11.4. The van der Waals surface area contributed by atoms with Gasteiger partial charge in [-0.05, 0) is 31.7 Å². The molecule has 0 bridgehead atoms. The highest BCUT2D eigenvalue weighted by Crippen LogP contribution is 2.17. The summed E-state index contributed by atoms with van der Waals surface area (Å²) >= 11 is 0. The van der Waals surface area contributed by atoms with Crippen LogP contribution in [-0.2, 0) is 13.0 Å². The van der Waals surface area contributed by atoms with Gasteiger partial charge in [-0.2, -0.15) is 0 Å². The molecule has 24 heavy (non-hydrogen) atoms. The number of aryl methyl sites for hydroxylation is 1. The number of amides is 1. The van der Waals surface area contributed by atoms with Crippen LogP contribution in [0.25, 0.3) is 0 Å². The molecular formula is C16H21N7O. The highest BCUT2D eigenvalue weighted by Gasteiger charge is 2.26. The van der Waals surface area contributed by atoms with Crippen molar-refractivity contribution in [3.05, 3.63) is 30.1 Å². The molecule has 1 N–H and O–H groups in total. The van der Waals surface area contributed by atoms with Crippen molar-refractivity contribution in [3.63, 3.8) is 0 Å². The summed E-state index contributed by atoms with van der Waals surface area (Å²) in [5.41, 5.74) is 0. The fourth-order valence-corrected chi connectivity index (χ4v) is 3.46. The van der Waals surface area contributed by atoms with Crippen LogP contribution in [0, 0.1) is 0 Å². The minimum Gasteiger partial charge on any atom is -0.345 e. The van der Waals surface area contributed by atoms with Crippen LogP contribution < -0.4 is 10.2 Å². The smallest absolute Gasteiger partial charge is 0.289 e. The molecule has 4 rings (SSSR count). The van der Waals surface area contributed by atoms with Crippen molar-refractivity contribution in [2.45, 2.75) is 44.7 Å². The average Bonchev–Trinajstić information content (AvgIpc) is 3.07. The van der Waals surface area contributed by atoms with Gasteiger partial charge in [0.25, 0.3) is 5.91 Å². The Kier molecular flexibility index (Phi) is 4.10. The van der Waals surface area contributed by atoms with Gasteiger partial charge < -0.3 is 14.8 Å². The molecule has 0 radical (unpaired) electrons. The molecule has 0 aliphatic carbocycles. The third-order valence-corrected chi connectivity index (χ3v) is 4.65. The van der Waals surface area contributed by atoms with E-state index >= 15 is 0 Å². The number of carbonyl (C=O) groups excluding carboxylic acids is 1. The molecule has 0 saturated carbocycles. The zero-order valence-corrected chi connectivity index (χ0v) is 13.6. The van der Waals surface area contributed by atoms with Gasteiger partial charge in [0.15, 0.2) is 0 Å². The molecule has 8 nitrogen and oxygen atoms in total. The summed E-state index contributed by atoms with van der Waals surface area (Å²) < 4.78 is 1.96. The molecule has 1 atom stereocenters. The van der Waals surface area contributed by atoms with Crippen molar-refractivity contribution in [1.82, 2.24) is 30.0 Å². The molecule has 4 heterocycles.